The van der Waals surface area contributed by atoms with Gasteiger partial charge in [0.15, 0.2) is 12.6 Å². The molecule has 42 heavy (non-hydrogen) atoms. The van der Waals surface area contributed by atoms with Crippen molar-refractivity contribution >= 4 is 6.16 Å². The van der Waals surface area contributed by atoms with Crippen molar-refractivity contribution in [3.8, 4) is 5.75 Å². The highest BCUT2D eigenvalue weighted by molar-refractivity contribution is 5.66. The lowest BCUT2D eigenvalue weighted by Gasteiger charge is -2.45. The lowest BCUT2D eigenvalue weighted by atomic mass is 9.94. The Morgan fingerprint density at radius 2 is 1.36 bits per heavy atom. The summed E-state index contributed by atoms with van der Waals surface area (Å²) in [7, 11) is 0. The standard InChI is InChI=1S/C28H44O14/c1-13(2)15-7-5-8-16(14(3)4)24(15)42-28(36)38-10-6-9-37-26-23(35)21(33)25(18(12-30)40-26)41-27-22(34)20(32)19(31)17(11-29)39-27/h5,7-8,13-14,17-23,25-27,29-35H,6,9-12H2,1-4H3/t17-,18-,19-,20+,21-,22-,23-,25?,26-,27?/m1/s1. The molecule has 0 amide bonds. The van der Waals surface area contributed by atoms with Gasteiger partial charge < -0.3 is 64.2 Å². The third-order valence-electron chi connectivity index (χ3n) is 7.26. The second-order valence-corrected chi connectivity index (χ2v) is 11.0. The van der Waals surface area contributed by atoms with Crippen molar-refractivity contribution in [2.75, 3.05) is 26.4 Å². The SMILES string of the molecule is CC(C)c1cccc(C(C)C)c1OC(=O)OCCCO[C@@H]1O[C@H](CO)C(OC2O[C@H](CO)[C@@H](O)[C@H](O)[C@H]2O)[C@H](O)[C@H]1O. The van der Waals surface area contributed by atoms with E-state index < -0.39 is 80.8 Å². The maximum Gasteiger partial charge on any atom is 0.513 e. The molecule has 0 aromatic heterocycles. The number of para-hydroxylation sites is 1. The summed E-state index contributed by atoms with van der Waals surface area (Å²) in [4.78, 5) is 12.4. The van der Waals surface area contributed by atoms with Crippen molar-refractivity contribution in [1.29, 1.82) is 0 Å². The maximum absolute atomic E-state index is 12.4. The number of ether oxygens (including phenoxy) is 6. The summed E-state index contributed by atoms with van der Waals surface area (Å²) < 4.78 is 32.6. The van der Waals surface area contributed by atoms with E-state index in [1.807, 2.05) is 45.9 Å². The molecule has 0 radical (unpaired) electrons. The zero-order valence-corrected chi connectivity index (χ0v) is 24.2. The molecule has 0 aliphatic carbocycles. The molecule has 3 rings (SSSR count). The fraction of sp³-hybridized carbons (Fsp3) is 0.750. The molecule has 14 heteroatoms. The van der Waals surface area contributed by atoms with E-state index in [4.69, 9.17) is 28.4 Å². The van der Waals surface area contributed by atoms with Crippen LogP contribution in [0.2, 0.25) is 0 Å². The largest absolute Gasteiger partial charge is 0.513 e. The van der Waals surface area contributed by atoms with Gasteiger partial charge in [0.1, 0.15) is 54.6 Å². The van der Waals surface area contributed by atoms with Crippen molar-refractivity contribution in [3.63, 3.8) is 0 Å². The summed E-state index contributed by atoms with van der Waals surface area (Å²) in [5, 5.41) is 70.5. The molecule has 7 N–H and O–H groups in total. The number of rotatable bonds is 12. The Morgan fingerprint density at radius 1 is 0.786 bits per heavy atom. The Balaban J connectivity index is 1.49. The summed E-state index contributed by atoms with van der Waals surface area (Å²) >= 11 is 0. The molecular formula is C28H44O14. The zero-order chi connectivity index (χ0) is 31.1. The van der Waals surface area contributed by atoms with Gasteiger partial charge in [0.25, 0.3) is 0 Å². The minimum absolute atomic E-state index is 0.0576. The third-order valence-corrected chi connectivity index (χ3v) is 7.26. The molecule has 2 aliphatic rings. The molecule has 240 valence electrons. The third kappa shape index (κ3) is 8.15. The fourth-order valence-corrected chi connectivity index (χ4v) is 4.82. The molecule has 0 bridgehead atoms. The van der Waals surface area contributed by atoms with Gasteiger partial charge in [-0.3, -0.25) is 0 Å². The first kappa shape index (κ1) is 34.5. The van der Waals surface area contributed by atoms with E-state index in [9.17, 15) is 40.5 Å². The van der Waals surface area contributed by atoms with Gasteiger partial charge in [-0.25, -0.2) is 4.79 Å². The van der Waals surface area contributed by atoms with E-state index in [-0.39, 0.29) is 31.5 Å². The summed E-state index contributed by atoms with van der Waals surface area (Å²) in [6.45, 7) is 6.49. The molecule has 0 spiro atoms. The summed E-state index contributed by atoms with van der Waals surface area (Å²) in [5.74, 6) is 0.733. The van der Waals surface area contributed by atoms with Crippen LogP contribution in [-0.4, -0.2) is 130 Å². The predicted octanol–water partition coefficient (Wildman–Crippen LogP) is -0.520. The monoisotopic (exact) mass is 604 g/mol. The number of benzene rings is 1. The van der Waals surface area contributed by atoms with Crippen molar-refractivity contribution in [2.45, 2.75) is 107 Å². The lowest BCUT2D eigenvalue weighted by Crippen LogP contribution is -2.64. The van der Waals surface area contributed by atoms with Gasteiger partial charge in [-0.15, -0.1) is 0 Å². The first-order chi connectivity index (χ1) is 19.9. The van der Waals surface area contributed by atoms with Crippen LogP contribution in [0.25, 0.3) is 0 Å². The first-order valence-electron chi connectivity index (χ1n) is 14.1. The van der Waals surface area contributed by atoms with Gasteiger partial charge in [0, 0.05) is 6.42 Å². The van der Waals surface area contributed by atoms with Gasteiger partial charge >= 0.3 is 6.16 Å². The molecule has 1 aromatic carbocycles. The van der Waals surface area contributed by atoms with Crippen LogP contribution in [0.4, 0.5) is 4.79 Å². The number of hydrogen-bond donors (Lipinski definition) is 7. The summed E-state index contributed by atoms with van der Waals surface area (Å²) in [6.07, 6.45) is -16.1. The molecule has 14 nitrogen and oxygen atoms in total. The predicted molar refractivity (Wildman–Crippen MR) is 144 cm³/mol. The molecule has 2 saturated heterocycles. The van der Waals surface area contributed by atoms with E-state index >= 15 is 0 Å². The Hall–Kier alpha value is -1.95. The van der Waals surface area contributed by atoms with Crippen molar-refractivity contribution in [2.24, 2.45) is 0 Å². The number of hydrogen-bond acceptors (Lipinski definition) is 14. The average molecular weight is 605 g/mol. The van der Waals surface area contributed by atoms with Crippen molar-refractivity contribution in [1.82, 2.24) is 0 Å². The van der Waals surface area contributed by atoms with Gasteiger partial charge in [-0.1, -0.05) is 45.9 Å². The van der Waals surface area contributed by atoms with Crippen LogP contribution in [0.5, 0.6) is 5.75 Å². The van der Waals surface area contributed by atoms with Gasteiger partial charge in [0.2, 0.25) is 0 Å². The number of carbonyl (C=O) groups is 1. The molecule has 2 heterocycles. The van der Waals surface area contributed by atoms with Crippen LogP contribution in [0.15, 0.2) is 18.2 Å². The van der Waals surface area contributed by atoms with E-state index in [1.165, 1.54) is 0 Å². The molecule has 2 unspecified atom stereocenters. The van der Waals surface area contributed by atoms with Crippen molar-refractivity contribution in [3.05, 3.63) is 29.3 Å². The van der Waals surface area contributed by atoms with E-state index in [1.54, 1.807) is 0 Å². The van der Waals surface area contributed by atoms with E-state index in [2.05, 4.69) is 0 Å². The Kier molecular flexibility index (Phi) is 12.9. The number of carbonyl (C=O) groups excluding carboxylic acids is 1. The number of aliphatic hydroxyl groups excluding tert-OH is 7. The Labute approximate surface area is 244 Å². The topological polar surface area (TPSA) is 214 Å². The average Bonchev–Trinajstić information content (AvgIpc) is 2.96. The van der Waals surface area contributed by atoms with Crippen LogP contribution in [0, 0.1) is 0 Å². The summed E-state index contributed by atoms with van der Waals surface area (Å²) in [6, 6.07) is 5.72. The quantitative estimate of drug-likeness (QED) is 0.0909. The highest BCUT2D eigenvalue weighted by Gasteiger charge is 2.50. The molecule has 2 fully saturated rings. The van der Waals surface area contributed by atoms with Crippen LogP contribution >= 0.6 is 0 Å². The van der Waals surface area contributed by atoms with Crippen LogP contribution < -0.4 is 4.74 Å². The molecular weight excluding hydrogens is 560 g/mol. The highest BCUT2D eigenvalue weighted by atomic mass is 16.7. The van der Waals surface area contributed by atoms with Gasteiger partial charge in [-0.05, 0) is 23.0 Å². The van der Waals surface area contributed by atoms with Gasteiger partial charge in [-0.2, -0.15) is 0 Å². The Morgan fingerprint density at radius 3 is 1.93 bits per heavy atom. The fourth-order valence-electron chi connectivity index (χ4n) is 4.82. The molecule has 2 aliphatic heterocycles. The molecule has 0 saturated carbocycles. The second kappa shape index (κ2) is 15.7. The van der Waals surface area contributed by atoms with E-state index in [0.717, 1.165) is 11.1 Å². The first-order valence-corrected chi connectivity index (χ1v) is 14.1. The van der Waals surface area contributed by atoms with Gasteiger partial charge in [0.05, 0.1) is 26.4 Å². The lowest BCUT2D eigenvalue weighted by molar-refractivity contribution is -0.359. The minimum Gasteiger partial charge on any atom is -0.434 e. The second-order valence-electron chi connectivity index (χ2n) is 11.0. The highest BCUT2D eigenvalue weighted by Crippen LogP contribution is 2.35. The normalized spacial score (nSPS) is 33.6. The summed E-state index contributed by atoms with van der Waals surface area (Å²) in [5.41, 5.74) is 1.77. The number of aliphatic hydroxyl groups is 7. The minimum atomic E-state index is -1.76. The van der Waals surface area contributed by atoms with Crippen LogP contribution in [0.1, 0.15) is 57.1 Å². The smallest absolute Gasteiger partial charge is 0.434 e. The zero-order valence-electron chi connectivity index (χ0n) is 24.2. The Bertz CT molecular complexity index is 959. The molecule has 1 aromatic rings. The van der Waals surface area contributed by atoms with Crippen molar-refractivity contribution < 1.29 is 69.0 Å². The van der Waals surface area contributed by atoms with E-state index in [0.29, 0.717) is 5.75 Å². The van der Waals surface area contributed by atoms with Crippen LogP contribution in [0.3, 0.4) is 0 Å². The molecule has 10 atom stereocenters. The maximum atomic E-state index is 12.4. The van der Waals surface area contributed by atoms with Crippen LogP contribution in [-0.2, 0) is 23.7 Å².